The summed E-state index contributed by atoms with van der Waals surface area (Å²) in [6.45, 7) is 1.92. The van der Waals surface area contributed by atoms with Gasteiger partial charge in [-0.1, -0.05) is 11.3 Å². The van der Waals surface area contributed by atoms with Crippen LogP contribution in [0.1, 0.15) is 36.0 Å². The first kappa shape index (κ1) is 16.2. The number of amides is 1. The van der Waals surface area contributed by atoms with Gasteiger partial charge in [-0.3, -0.25) is 14.5 Å². The summed E-state index contributed by atoms with van der Waals surface area (Å²) in [5, 5.41) is 8.46. The van der Waals surface area contributed by atoms with E-state index in [1.54, 1.807) is 6.20 Å². The number of hydrogen-bond acceptors (Lipinski definition) is 5. The minimum absolute atomic E-state index is 0.0648. The molecule has 1 aliphatic heterocycles. The highest BCUT2D eigenvalue weighted by atomic mass is 16.5. The van der Waals surface area contributed by atoms with Gasteiger partial charge in [-0.15, -0.1) is 5.10 Å². The van der Waals surface area contributed by atoms with Gasteiger partial charge in [-0.25, -0.2) is 0 Å². The fourth-order valence-electron chi connectivity index (χ4n) is 3.33. The van der Waals surface area contributed by atoms with Crippen molar-refractivity contribution >= 4 is 5.91 Å². The van der Waals surface area contributed by atoms with Crippen molar-refractivity contribution in [3.8, 4) is 0 Å². The van der Waals surface area contributed by atoms with Gasteiger partial charge in [0.15, 0.2) is 0 Å². The molecule has 1 fully saturated rings. The predicted molar refractivity (Wildman–Crippen MR) is 90.6 cm³/mol. The molecule has 2 aliphatic rings. The van der Waals surface area contributed by atoms with Crippen molar-refractivity contribution in [3.05, 3.63) is 41.5 Å². The summed E-state index contributed by atoms with van der Waals surface area (Å²) in [5.74, 6) is 0.762. The van der Waals surface area contributed by atoms with Crippen LogP contribution in [-0.2, 0) is 29.4 Å². The molecule has 2 aromatic rings. The molecule has 3 heterocycles. The van der Waals surface area contributed by atoms with E-state index < -0.39 is 0 Å². The molecule has 25 heavy (non-hydrogen) atoms. The van der Waals surface area contributed by atoms with Gasteiger partial charge in [0.1, 0.15) is 11.7 Å². The molecule has 0 unspecified atom stereocenters. The summed E-state index contributed by atoms with van der Waals surface area (Å²) in [6, 6.07) is 5.49. The summed E-state index contributed by atoms with van der Waals surface area (Å²) in [4.78, 5) is 19.0. The number of fused-ring (bicyclic) bond motifs is 1. The van der Waals surface area contributed by atoms with Gasteiger partial charge in [0.05, 0.1) is 18.7 Å². The van der Waals surface area contributed by atoms with Crippen molar-refractivity contribution < 1.29 is 9.53 Å². The van der Waals surface area contributed by atoms with Crippen LogP contribution in [0, 0.1) is 5.92 Å². The second-order valence-corrected chi connectivity index (χ2v) is 6.88. The molecule has 0 saturated heterocycles. The summed E-state index contributed by atoms with van der Waals surface area (Å²) in [6.07, 6.45) is 5.30. The molecule has 0 N–H and O–H groups in total. The zero-order chi connectivity index (χ0) is 17.2. The number of hydrogen-bond donors (Lipinski definition) is 0. The molecule has 132 valence electrons. The zero-order valence-corrected chi connectivity index (χ0v) is 14.5. The fraction of sp³-hybridized carbons (Fsp3) is 0.556. The Labute approximate surface area is 147 Å². The Morgan fingerprint density at radius 3 is 2.96 bits per heavy atom. The van der Waals surface area contributed by atoms with Crippen molar-refractivity contribution in [2.75, 3.05) is 19.8 Å². The average molecular weight is 341 g/mol. The van der Waals surface area contributed by atoms with E-state index in [4.69, 9.17) is 4.74 Å². The second kappa shape index (κ2) is 6.92. The van der Waals surface area contributed by atoms with E-state index in [0.717, 1.165) is 30.1 Å². The third-order valence-electron chi connectivity index (χ3n) is 4.96. The monoisotopic (exact) mass is 341 g/mol. The Morgan fingerprint density at radius 1 is 1.32 bits per heavy atom. The molecule has 0 aromatic carbocycles. The van der Waals surface area contributed by atoms with Crippen LogP contribution in [0.3, 0.4) is 0 Å². The molecule has 2 aromatic heterocycles. The molecular weight excluding hydrogens is 318 g/mol. The number of ether oxygens (including phenoxy) is 1. The maximum Gasteiger partial charge on any atom is 0.229 e. The minimum Gasteiger partial charge on any atom is -0.379 e. The van der Waals surface area contributed by atoms with E-state index in [-0.39, 0.29) is 11.9 Å². The van der Waals surface area contributed by atoms with Crippen molar-refractivity contribution in [1.29, 1.82) is 0 Å². The van der Waals surface area contributed by atoms with Crippen molar-refractivity contribution in [1.82, 2.24) is 24.9 Å². The Morgan fingerprint density at radius 2 is 2.20 bits per heavy atom. The molecule has 4 rings (SSSR count). The van der Waals surface area contributed by atoms with Crippen LogP contribution < -0.4 is 0 Å². The first-order valence-corrected chi connectivity index (χ1v) is 8.88. The summed E-state index contributed by atoms with van der Waals surface area (Å²) in [5.41, 5.74) is 2.76. The van der Waals surface area contributed by atoms with Crippen LogP contribution in [0.5, 0.6) is 0 Å². The van der Waals surface area contributed by atoms with Crippen LogP contribution in [-0.4, -0.2) is 50.5 Å². The van der Waals surface area contributed by atoms with Crippen LogP contribution in [0.4, 0.5) is 0 Å². The standard InChI is InChI=1S/C18H23N5O2/c1-22-15-7-9-23(17(24)10-14-4-2-3-8-19-14)16(18(15)20-21-22)12-25-11-13-5-6-13/h2-4,8,13,16H,5-7,9-12H2,1H3/t16-/m1/s1. The Kier molecular flexibility index (Phi) is 4.48. The highest BCUT2D eigenvalue weighted by molar-refractivity contribution is 5.79. The Hall–Kier alpha value is -2.28. The number of rotatable bonds is 6. The van der Waals surface area contributed by atoms with E-state index in [9.17, 15) is 4.79 Å². The van der Waals surface area contributed by atoms with Gasteiger partial charge in [-0.2, -0.15) is 0 Å². The lowest BCUT2D eigenvalue weighted by molar-refractivity contribution is -0.135. The maximum absolute atomic E-state index is 12.9. The van der Waals surface area contributed by atoms with E-state index in [2.05, 4.69) is 15.3 Å². The molecule has 1 aliphatic carbocycles. The number of aromatic nitrogens is 4. The maximum atomic E-state index is 12.9. The smallest absolute Gasteiger partial charge is 0.229 e. The quantitative estimate of drug-likeness (QED) is 0.792. The molecule has 1 atom stereocenters. The molecular formula is C18H23N5O2. The molecule has 0 bridgehead atoms. The summed E-state index contributed by atoms with van der Waals surface area (Å²) in [7, 11) is 1.90. The van der Waals surface area contributed by atoms with Crippen molar-refractivity contribution in [2.24, 2.45) is 13.0 Å². The van der Waals surface area contributed by atoms with Gasteiger partial charge in [0.25, 0.3) is 0 Å². The lowest BCUT2D eigenvalue weighted by atomic mass is 10.0. The van der Waals surface area contributed by atoms with E-state index >= 15 is 0 Å². The normalized spacial score (nSPS) is 19.7. The molecule has 1 amide bonds. The minimum atomic E-state index is -0.160. The fourth-order valence-corrected chi connectivity index (χ4v) is 3.33. The van der Waals surface area contributed by atoms with Crippen LogP contribution in [0.2, 0.25) is 0 Å². The first-order chi connectivity index (χ1) is 12.2. The van der Waals surface area contributed by atoms with Gasteiger partial charge >= 0.3 is 0 Å². The lowest BCUT2D eigenvalue weighted by Gasteiger charge is -2.34. The summed E-state index contributed by atoms with van der Waals surface area (Å²) < 4.78 is 7.72. The molecule has 1 saturated carbocycles. The lowest BCUT2D eigenvalue weighted by Crippen LogP contribution is -2.43. The van der Waals surface area contributed by atoms with Gasteiger partial charge in [0.2, 0.25) is 5.91 Å². The number of carbonyl (C=O) groups is 1. The molecule has 7 nitrogen and oxygen atoms in total. The number of pyridine rings is 1. The van der Waals surface area contributed by atoms with Gasteiger partial charge in [-0.05, 0) is 30.9 Å². The number of nitrogens with zero attached hydrogens (tertiary/aromatic N) is 5. The summed E-state index contributed by atoms with van der Waals surface area (Å²) >= 11 is 0. The van der Waals surface area contributed by atoms with Crippen molar-refractivity contribution in [2.45, 2.75) is 31.7 Å². The second-order valence-electron chi connectivity index (χ2n) is 6.88. The highest BCUT2D eigenvalue weighted by Gasteiger charge is 2.35. The SMILES string of the molecule is Cn1nnc2c1CCN(C(=O)Cc1ccccn1)[C@@H]2COCC1CC1. The highest BCUT2D eigenvalue weighted by Crippen LogP contribution is 2.31. The van der Waals surface area contributed by atoms with Gasteiger partial charge in [0, 0.05) is 38.5 Å². The zero-order valence-electron chi connectivity index (χ0n) is 14.5. The van der Waals surface area contributed by atoms with Crippen LogP contribution in [0.25, 0.3) is 0 Å². The molecule has 7 heteroatoms. The predicted octanol–water partition coefficient (Wildman–Crippen LogP) is 1.31. The number of aryl methyl sites for hydroxylation is 1. The van der Waals surface area contributed by atoms with Crippen LogP contribution >= 0.6 is 0 Å². The largest absolute Gasteiger partial charge is 0.379 e. The third-order valence-corrected chi connectivity index (χ3v) is 4.96. The van der Waals surface area contributed by atoms with E-state index in [0.29, 0.717) is 25.5 Å². The van der Waals surface area contributed by atoms with E-state index in [1.807, 2.05) is 34.8 Å². The first-order valence-electron chi connectivity index (χ1n) is 8.88. The number of carbonyl (C=O) groups excluding carboxylic acids is 1. The average Bonchev–Trinajstić information content (AvgIpc) is 3.37. The topological polar surface area (TPSA) is 73.1 Å². The van der Waals surface area contributed by atoms with E-state index in [1.165, 1.54) is 12.8 Å². The Bertz CT molecular complexity index is 741. The van der Waals surface area contributed by atoms with Crippen molar-refractivity contribution in [3.63, 3.8) is 0 Å². The molecule has 0 spiro atoms. The third kappa shape index (κ3) is 3.56. The Balaban J connectivity index is 1.50. The van der Waals surface area contributed by atoms with Gasteiger partial charge < -0.3 is 9.64 Å². The van der Waals surface area contributed by atoms with Crippen LogP contribution in [0.15, 0.2) is 24.4 Å². The molecule has 0 radical (unpaired) electrons.